The minimum atomic E-state index is -0.376. The fourth-order valence-electron chi connectivity index (χ4n) is 6.79. The van der Waals surface area contributed by atoms with E-state index in [0.717, 1.165) is 27.8 Å². The second kappa shape index (κ2) is 15.4. The van der Waals surface area contributed by atoms with E-state index in [1.165, 1.54) is 6.08 Å². The molecule has 0 fully saturated rings. The molecule has 0 unspecified atom stereocenters. The number of nitrogens with zero attached hydrogens (tertiary/aromatic N) is 6. The number of nitriles is 4. The van der Waals surface area contributed by atoms with Crippen LogP contribution in [0.1, 0.15) is 60.7 Å². The van der Waals surface area contributed by atoms with Crippen LogP contribution in [0.2, 0.25) is 0 Å². The normalized spacial score (nSPS) is 14.7. The van der Waals surface area contributed by atoms with E-state index in [-0.39, 0.29) is 11.7 Å². The maximum atomic E-state index is 13.5. The van der Waals surface area contributed by atoms with Gasteiger partial charge in [-0.3, -0.25) is 9.59 Å². The minimum absolute atomic E-state index is 0.239. The van der Waals surface area contributed by atoms with Crippen LogP contribution in [0.15, 0.2) is 161 Å². The van der Waals surface area contributed by atoms with Crippen LogP contribution >= 0.6 is 0 Å². The van der Waals surface area contributed by atoms with E-state index in [2.05, 4.69) is 39.2 Å². The largest absolute Gasteiger partial charge is 0.354 e. The summed E-state index contributed by atoms with van der Waals surface area (Å²) >= 11 is 0. The molecule has 8 rings (SSSR count). The smallest absolute Gasteiger partial charge is 0.270 e. The number of aliphatic imine (C=N–C) groups is 2. The number of aromatic nitrogens is 2. The van der Waals surface area contributed by atoms with Crippen molar-refractivity contribution in [3.8, 4) is 24.3 Å². The van der Waals surface area contributed by atoms with Gasteiger partial charge in [-0.1, -0.05) is 36.4 Å². The molecule has 2 aliphatic rings. The number of benzene rings is 4. The molecule has 10 nitrogen and oxygen atoms in total. The van der Waals surface area contributed by atoms with Crippen molar-refractivity contribution in [3.05, 3.63) is 218 Å². The zero-order valence-electron chi connectivity index (χ0n) is 30.4. The Hall–Kier alpha value is -8.96. The lowest BCUT2D eigenvalue weighted by Crippen LogP contribution is -2.19. The van der Waals surface area contributed by atoms with Crippen molar-refractivity contribution in [2.24, 2.45) is 9.98 Å². The quantitative estimate of drug-likeness (QED) is 0.168. The van der Waals surface area contributed by atoms with Gasteiger partial charge < -0.3 is 9.97 Å². The number of rotatable bonds is 8. The Morgan fingerprint density at radius 3 is 1.36 bits per heavy atom. The number of hydrogen-bond acceptors (Lipinski definition) is 7. The Morgan fingerprint density at radius 2 is 0.862 bits per heavy atom. The molecule has 4 aromatic carbocycles. The van der Waals surface area contributed by atoms with E-state index in [1.54, 1.807) is 84.9 Å². The van der Waals surface area contributed by atoms with Gasteiger partial charge in [-0.15, -0.1) is 0 Å². The monoisotopic (exact) mass is 746 g/mol. The van der Waals surface area contributed by atoms with Gasteiger partial charge in [0.2, 0.25) is 5.78 Å². The summed E-state index contributed by atoms with van der Waals surface area (Å²) in [6.07, 6.45) is 6.79. The van der Waals surface area contributed by atoms with Crippen molar-refractivity contribution in [2.45, 2.75) is 0 Å². The highest BCUT2D eigenvalue weighted by Crippen LogP contribution is 2.30. The van der Waals surface area contributed by atoms with E-state index in [4.69, 9.17) is 4.99 Å². The van der Waals surface area contributed by atoms with Gasteiger partial charge in [0.25, 0.3) is 5.91 Å². The molecule has 4 heterocycles. The van der Waals surface area contributed by atoms with E-state index in [9.17, 15) is 30.6 Å². The summed E-state index contributed by atoms with van der Waals surface area (Å²) in [5.41, 5.74) is 9.34. The van der Waals surface area contributed by atoms with Crippen LogP contribution in [0, 0.1) is 45.3 Å². The second-order valence-corrected chi connectivity index (χ2v) is 13.2. The van der Waals surface area contributed by atoms with Crippen LogP contribution in [0.5, 0.6) is 0 Å². The Kier molecular flexibility index (Phi) is 9.58. The summed E-state index contributed by atoms with van der Waals surface area (Å²) in [6.45, 7) is 0. The van der Waals surface area contributed by atoms with Crippen molar-refractivity contribution in [1.29, 1.82) is 21.0 Å². The molecule has 0 radical (unpaired) electrons. The van der Waals surface area contributed by atoms with Crippen LogP contribution in [-0.4, -0.2) is 33.1 Å². The van der Waals surface area contributed by atoms with Gasteiger partial charge in [-0.05, 0) is 120 Å². The molecule has 2 aromatic heterocycles. The number of ketones is 1. The highest BCUT2D eigenvalue weighted by Gasteiger charge is 2.22. The lowest BCUT2D eigenvalue weighted by atomic mass is 9.98. The molecule has 1 amide bonds. The molecule has 0 saturated carbocycles. The van der Waals surface area contributed by atoms with Crippen LogP contribution in [0.25, 0.3) is 16.7 Å². The van der Waals surface area contributed by atoms with E-state index >= 15 is 0 Å². The summed E-state index contributed by atoms with van der Waals surface area (Å²) in [7, 11) is 0. The van der Waals surface area contributed by atoms with Crippen LogP contribution in [-0.2, 0) is 4.79 Å². The molecular weight excluding hydrogens is 721 g/mol. The fourth-order valence-corrected chi connectivity index (χ4v) is 6.79. The van der Waals surface area contributed by atoms with Crippen molar-refractivity contribution >= 4 is 39.8 Å². The third-order valence-corrected chi connectivity index (χ3v) is 9.63. The molecule has 6 aromatic rings. The number of aromatic amines is 2. The Labute approximate surface area is 331 Å². The molecule has 0 aliphatic carbocycles. The number of carbonyl (C=O) groups is 2. The predicted octanol–water partition coefficient (Wildman–Crippen LogP) is 6.47. The zero-order valence-corrected chi connectivity index (χ0v) is 30.4. The number of allylic oxidation sites excluding steroid dienone is 4. The summed E-state index contributed by atoms with van der Waals surface area (Å²) in [5.74, 6) is -0.615. The molecule has 0 atom stereocenters. The molecule has 270 valence electrons. The van der Waals surface area contributed by atoms with Crippen LogP contribution in [0.3, 0.4) is 0 Å². The molecule has 0 bridgehead atoms. The molecule has 10 heteroatoms. The third kappa shape index (κ3) is 7.04. The van der Waals surface area contributed by atoms with Gasteiger partial charge in [0.15, 0.2) is 0 Å². The zero-order chi connectivity index (χ0) is 40.2. The number of amides is 1. The van der Waals surface area contributed by atoms with E-state index in [1.807, 2.05) is 54.6 Å². The summed E-state index contributed by atoms with van der Waals surface area (Å²) in [4.78, 5) is 42.0. The van der Waals surface area contributed by atoms with Gasteiger partial charge in [0, 0.05) is 44.8 Å². The maximum Gasteiger partial charge on any atom is 0.270 e. The lowest BCUT2D eigenvalue weighted by molar-refractivity contribution is -0.113. The average Bonchev–Trinajstić information content (AvgIpc) is 4.12. The lowest BCUT2D eigenvalue weighted by Gasteiger charge is -2.10. The summed E-state index contributed by atoms with van der Waals surface area (Å²) in [5, 5.41) is 39.1. The average molecular weight is 747 g/mol. The Balaban J connectivity index is 1.33. The first-order valence-electron chi connectivity index (χ1n) is 17.9. The van der Waals surface area contributed by atoms with E-state index in [0.29, 0.717) is 72.6 Å². The third-order valence-electron chi connectivity index (χ3n) is 9.63. The minimum Gasteiger partial charge on any atom is -0.354 e. The number of hydrogen-bond donors (Lipinski definition) is 2. The van der Waals surface area contributed by atoms with Crippen LogP contribution in [0.4, 0.5) is 0 Å². The summed E-state index contributed by atoms with van der Waals surface area (Å²) < 4.78 is 0. The molecule has 58 heavy (non-hydrogen) atoms. The van der Waals surface area contributed by atoms with Crippen molar-refractivity contribution < 1.29 is 9.59 Å². The molecule has 0 saturated heterocycles. The first kappa shape index (κ1) is 36.0. The highest BCUT2D eigenvalue weighted by atomic mass is 16.1. The SMILES string of the molecule is N#Cc1ccc(C(=O)c2ccc(/C(c3ccc(C#N)cc3)=c3/cc/c(=C(C4=N/C(=C(\C5=NC(=O)C=C5)c5ccc(C#N)cc5)C=C4)\c4ccc(C#N)cc4)[nH]3)[nH]2)cc1. The van der Waals surface area contributed by atoms with E-state index < -0.39 is 0 Å². The Morgan fingerprint density at radius 1 is 0.431 bits per heavy atom. The van der Waals surface area contributed by atoms with Gasteiger partial charge in [-0.2, -0.15) is 21.0 Å². The second-order valence-electron chi connectivity index (χ2n) is 13.2. The summed E-state index contributed by atoms with van der Waals surface area (Å²) in [6, 6.07) is 43.7. The molecule has 0 spiro atoms. The molecule has 2 aliphatic heterocycles. The first-order valence-corrected chi connectivity index (χ1v) is 17.9. The van der Waals surface area contributed by atoms with Gasteiger partial charge in [0.1, 0.15) is 0 Å². The number of carbonyl (C=O) groups excluding carboxylic acids is 2. The van der Waals surface area contributed by atoms with Crippen molar-refractivity contribution in [3.63, 3.8) is 0 Å². The maximum absolute atomic E-state index is 13.5. The van der Waals surface area contributed by atoms with Gasteiger partial charge in [0.05, 0.1) is 69.3 Å². The number of H-pyrrole nitrogens is 2. The molecule has 2 N–H and O–H groups in total. The van der Waals surface area contributed by atoms with Gasteiger partial charge in [-0.25, -0.2) is 9.98 Å². The Bertz CT molecular complexity index is 3140. The first-order chi connectivity index (χ1) is 28.3. The topological polar surface area (TPSA) is 186 Å². The standard InChI is InChI=1S/C48H26N8O2/c49-25-29-1-9-33(10-2-29)45(38-19-20-40(54-38)47(42-23-24-44(57)56-42)35-13-5-31(27-51)6-14-35)37-17-18-39(53-37)46(34-11-3-30(26-50)4-12-34)41-21-22-43(55-41)48(58)36-15-7-32(28-52)8-16-36/h1-24,53,55H/b45-37-,46-39-,47-40-. The van der Waals surface area contributed by atoms with Crippen molar-refractivity contribution in [2.75, 3.05) is 0 Å². The van der Waals surface area contributed by atoms with Crippen LogP contribution < -0.4 is 10.7 Å². The predicted molar refractivity (Wildman–Crippen MR) is 218 cm³/mol. The number of nitrogens with one attached hydrogen (secondary N) is 2. The van der Waals surface area contributed by atoms with Crippen molar-refractivity contribution in [1.82, 2.24) is 9.97 Å². The highest BCUT2D eigenvalue weighted by molar-refractivity contribution is 6.37. The fraction of sp³-hybridized carbons (Fsp3) is 0. The molecular formula is C48H26N8O2. The van der Waals surface area contributed by atoms with Gasteiger partial charge >= 0.3 is 0 Å².